The van der Waals surface area contributed by atoms with Crippen LogP contribution < -0.4 is 10.1 Å². The lowest BCUT2D eigenvalue weighted by Gasteiger charge is -2.09. The number of fused-ring (bicyclic) bond motifs is 1. The summed E-state index contributed by atoms with van der Waals surface area (Å²) >= 11 is 0. The van der Waals surface area contributed by atoms with Crippen molar-refractivity contribution >= 4 is 17.2 Å². The molecule has 0 spiro atoms. The van der Waals surface area contributed by atoms with Gasteiger partial charge in [-0.15, -0.1) is 0 Å². The first-order valence-corrected chi connectivity index (χ1v) is 8.42. The Bertz CT molecular complexity index is 1120. The van der Waals surface area contributed by atoms with E-state index in [1.165, 1.54) is 0 Å². The van der Waals surface area contributed by atoms with E-state index in [-0.39, 0.29) is 11.9 Å². The Kier molecular flexibility index (Phi) is 4.25. The summed E-state index contributed by atoms with van der Waals surface area (Å²) in [7, 11) is 0. The van der Waals surface area contributed by atoms with Gasteiger partial charge in [0.15, 0.2) is 0 Å². The Morgan fingerprint density at radius 2 is 1.89 bits per heavy atom. The highest BCUT2D eigenvalue weighted by atomic mass is 16.5. The first-order valence-electron chi connectivity index (χ1n) is 8.42. The molecule has 4 rings (SSSR count). The first kappa shape index (κ1) is 16.7. The smallest absolute Gasteiger partial charge is 0.321 e. The van der Waals surface area contributed by atoms with Crippen LogP contribution in [0.25, 0.3) is 5.65 Å². The van der Waals surface area contributed by atoms with Gasteiger partial charge in [0.05, 0.1) is 0 Å². The molecule has 0 saturated carbocycles. The van der Waals surface area contributed by atoms with Crippen molar-refractivity contribution in [3.8, 4) is 11.8 Å². The first-order chi connectivity index (χ1) is 13.1. The van der Waals surface area contributed by atoms with Crippen molar-refractivity contribution in [3.63, 3.8) is 0 Å². The molecule has 7 heteroatoms. The normalized spacial score (nSPS) is 10.7. The largest absolute Gasteiger partial charge is 0.424 e. The van der Waals surface area contributed by atoms with E-state index in [1.54, 1.807) is 36.8 Å². The van der Waals surface area contributed by atoms with Gasteiger partial charge < -0.3 is 14.5 Å². The third-order valence-electron chi connectivity index (χ3n) is 4.13. The quantitative estimate of drug-likeness (QED) is 0.600. The van der Waals surface area contributed by atoms with Crippen LogP contribution in [-0.2, 0) is 0 Å². The van der Waals surface area contributed by atoms with Gasteiger partial charge in [-0.25, -0.2) is 15.0 Å². The molecule has 3 aromatic heterocycles. The summed E-state index contributed by atoms with van der Waals surface area (Å²) in [4.78, 5) is 25.0. The SMILES string of the molecule is Cc1cc(Oc2ncccn2)ccc1NC(=O)c1cn2c(C)cccc2n1. The lowest BCUT2D eigenvalue weighted by molar-refractivity contribution is 0.102. The zero-order chi connectivity index (χ0) is 18.8. The van der Waals surface area contributed by atoms with E-state index in [1.807, 2.05) is 42.5 Å². The summed E-state index contributed by atoms with van der Waals surface area (Å²) in [6, 6.07) is 13.1. The Hall–Kier alpha value is -3.74. The minimum absolute atomic E-state index is 0.263. The average molecular weight is 359 g/mol. The molecule has 0 saturated heterocycles. The van der Waals surface area contributed by atoms with Crippen LogP contribution in [0.4, 0.5) is 5.69 Å². The Labute approximate surface area is 155 Å². The van der Waals surface area contributed by atoms with Crippen LogP contribution >= 0.6 is 0 Å². The van der Waals surface area contributed by atoms with Crippen molar-refractivity contribution < 1.29 is 9.53 Å². The molecule has 4 aromatic rings. The van der Waals surface area contributed by atoms with Crippen molar-refractivity contribution in [1.82, 2.24) is 19.4 Å². The van der Waals surface area contributed by atoms with Crippen LogP contribution in [0.3, 0.4) is 0 Å². The summed E-state index contributed by atoms with van der Waals surface area (Å²) in [6.07, 6.45) is 4.96. The number of aromatic nitrogens is 4. The summed E-state index contributed by atoms with van der Waals surface area (Å²) in [5, 5.41) is 2.90. The Morgan fingerprint density at radius 1 is 1.07 bits per heavy atom. The highest BCUT2D eigenvalue weighted by molar-refractivity contribution is 6.03. The van der Waals surface area contributed by atoms with E-state index in [2.05, 4.69) is 20.3 Å². The van der Waals surface area contributed by atoms with Crippen LogP contribution in [0, 0.1) is 13.8 Å². The molecule has 1 N–H and O–H groups in total. The molecule has 0 unspecified atom stereocenters. The molecule has 1 aromatic carbocycles. The number of nitrogens with one attached hydrogen (secondary N) is 1. The summed E-state index contributed by atoms with van der Waals surface area (Å²) in [5.74, 6) is 0.335. The van der Waals surface area contributed by atoms with Crippen molar-refractivity contribution in [3.05, 3.63) is 78.0 Å². The van der Waals surface area contributed by atoms with E-state index in [0.717, 1.165) is 16.9 Å². The van der Waals surface area contributed by atoms with Gasteiger partial charge in [0, 0.05) is 30.0 Å². The third kappa shape index (κ3) is 3.48. The number of pyridine rings is 1. The van der Waals surface area contributed by atoms with E-state index in [9.17, 15) is 4.79 Å². The van der Waals surface area contributed by atoms with Crippen LogP contribution in [0.15, 0.2) is 61.1 Å². The van der Waals surface area contributed by atoms with Crippen LogP contribution in [0.1, 0.15) is 21.7 Å². The van der Waals surface area contributed by atoms with Crippen molar-refractivity contribution in [1.29, 1.82) is 0 Å². The number of hydrogen-bond donors (Lipinski definition) is 1. The van der Waals surface area contributed by atoms with E-state index in [0.29, 0.717) is 17.1 Å². The minimum atomic E-state index is -0.263. The Morgan fingerprint density at radius 3 is 2.63 bits per heavy atom. The number of hydrogen-bond acceptors (Lipinski definition) is 5. The molecule has 7 nitrogen and oxygen atoms in total. The molecule has 0 aliphatic heterocycles. The second-order valence-electron chi connectivity index (χ2n) is 6.09. The predicted molar refractivity (Wildman–Crippen MR) is 101 cm³/mol. The van der Waals surface area contributed by atoms with Crippen LogP contribution in [-0.4, -0.2) is 25.3 Å². The molecule has 0 atom stereocenters. The zero-order valence-corrected chi connectivity index (χ0v) is 14.9. The number of imidazole rings is 1. The van der Waals surface area contributed by atoms with Crippen LogP contribution in [0.2, 0.25) is 0 Å². The maximum Gasteiger partial charge on any atom is 0.321 e. The fourth-order valence-electron chi connectivity index (χ4n) is 2.73. The highest BCUT2D eigenvalue weighted by Crippen LogP contribution is 2.24. The van der Waals surface area contributed by atoms with Crippen LogP contribution in [0.5, 0.6) is 11.8 Å². The molecular formula is C20H17N5O2. The molecule has 0 aliphatic rings. The number of carbonyl (C=O) groups excluding carboxylic acids is 1. The van der Waals surface area contributed by atoms with Gasteiger partial charge in [0.2, 0.25) is 0 Å². The van der Waals surface area contributed by atoms with E-state index >= 15 is 0 Å². The van der Waals surface area contributed by atoms with Crippen molar-refractivity contribution in [2.24, 2.45) is 0 Å². The van der Waals surface area contributed by atoms with Gasteiger partial charge in [0.25, 0.3) is 5.91 Å². The van der Waals surface area contributed by atoms with Gasteiger partial charge in [-0.1, -0.05) is 6.07 Å². The highest BCUT2D eigenvalue weighted by Gasteiger charge is 2.13. The van der Waals surface area contributed by atoms with Gasteiger partial charge >= 0.3 is 6.01 Å². The molecule has 1 amide bonds. The molecular weight excluding hydrogens is 342 g/mol. The summed E-state index contributed by atoms with van der Waals surface area (Å²) in [5.41, 5.74) is 3.66. The van der Waals surface area contributed by atoms with Gasteiger partial charge in [-0.05, 0) is 55.8 Å². The second-order valence-corrected chi connectivity index (χ2v) is 6.09. The van der Waals surface area contributed by atoms with Gasteiger partial charge in [0.1, 0.15) is 17.1 Å². The summed E-state index contributed by atoms with van der Waals surface area (Å²) < 4.78 is 7.49. The number of carbonyl (C=O) groups is 1. The monoisotopic (exact) mass is 359 g/mol. The molecule has 3 heterocycles. The number of nitrogens with zero attached hydrogens (tertiary/aromatic N) is 4. The second kappa shape index (κ2) is 6.87. The number of benzene rings is 1. The lowest BCUT2D eigenvalue weighted by atomic mass is 10.2. The molecule has 0 fully saturated rings. The summed E-state index contributed by atoms with van der Waals surface area (Å²) in [6.45, 7) is 3.86. The van der Waals surface area contributed by atoms with Crippen molar-refractivity contribution in [2.75, 3.05) is 5.32 Å². The lowest BCUT2D eigenvalue weighted by Crippen LogP contribution is -2.13. The maximum absolute atomic E-state index is 12.6. The fourth-order valence-corrected chi connectivity index (χ4v) is 2.73. The predicted octanol–water partition coefficient (Wildman–Crippen LogP) is 3.79. The van der Waals surface area contributed by atoms with E-state index < -0.39 is 0 Å². The number of amides is 1. The average Bonchev–Trinajstić information content (AvgIpc) is 3.11. The number of aryl methyl sites for hydroxylation is 2. The number of anilines is 1. The van der Waals surface area contributed by atoms with E-state index in [4.69, 9.17) is 4.74 Å². The van der Waals surface area contributed by atoms with Crippen molar-refractivity contribution in [2.45, 2.75) is 13.8 Å². The topological polar surface area (TPSA) is 81.4 Å². The maximum atomic E-state index is 12.6. The minimum Gasteiger partial charge on any atom is -0.424 e. The Balaban J connectivity index is 1.53. The standard InChI is InChI=1S/C20H17N5O2/c1-13-11-15(27-20-21-9-4-10-22-20)7-8-16(13)24-19(26)17-12-25-14(2)5-3-6-18(25)23-17/h3-12H,1-2H3,(H,24,26). The molecule has 0 aliphatic carbocycles. The molecule has 0 bridgehead atoms. The third-order valence-corrected chi connectivity index (χ3v) is 4.13. The number of rotatable bonds is 4. The number of ether oxygens (including phenoxy) is 1. The van der Waals surface area contributed by atoms with Gasteiger partial charge in [-0.2, -0.15) is 0 Å². The zero-order valence-electron chi connectivity index (χ0n) is 14.9. The molecule has 134 valence electrons. The fraction of sp³-hybridized carbons (Fsp3) is 0.100. The molecule has 0 radical (unpaired) electrons. The van der Waals surface area contributed by atoms with Gasteiger partial charge in [-0.3, -0.25) is 4.79 Å². The molecule has 27 heavy (non-hydrogen) atoms.